The molecule has 26 heavy (non-hydrogen) atoms. The fourth-order valence-electron chi connectivity index (χ4n) is 2.32. The minimum Gasteiger partial charge on any atom is -0.351 e. The second-order valence-electron chi connectivity index (χ2n) is 5.84. The van der Waals surface area contributed by atoms with Crippen LogP contribution >= 0.6 is 11.6 Å². The Morgan fingerprint density at radius 1 is 1.15 bits per heavy atom. The summed E-state index contributed by atoms with van der Waals surface area (Å²) in [5.74, 6) is -0.912. The zero-order valence-electron chi connectivity index (χ0n) is 14.3. The van der Waals surface area contributed by atoms with Crippen LogP contribution in [0.2, 0.25) is 5.02 Å². The maximum Gasteiger partial charge on any atom is 0.235 e. The Kier molecular flexibility index (Phi) is 7.14. The zero-order chi connectivity index (χ0) is 19.2. The highest BCUT2D eigenvalue weighted by atomic mass is 35.5. The van der Waals surface area contributed by atoms with Gasteiger partial charge < -0.3 is 5.32 Å². The normalized spacial score (nSPS) is 11.5. The van der Waals surface area contributed by atoms with Crippen molar-refractivity contribution in [2.75, 3.05) is 19.3 Å². The van der Waals surface area contributed by atoms with Gasteiger partial charge in [-0.05, 0) is 30.2 Å². The molecule has 0 saturated heterocycles. The van der Waals surface area contributed by atoms with Gasteiger partial charge in [-0.2, -0.15) is 4.31 Å². The molecule has 2 rings (SSSR count). The summed E-state index contributed by atoms with van der Waals surface area (Å²) >= 11 is 5.83. The number of hydrogen-bond acceptors (Lipinski definition) is 3. The molecule has 0 unspecified atom stereocenters. The first-order valence-corrected chi connectivity index (χ1v) is 10.2. The highest BCUT2D eigenvalue weighted by Gasteiger charge is 2.20. The molecule has 0 aliphatic rings. The van der Waals surface area contributed by atoms with Gasteiger partial charge in [0.25, 0.3) is 0 Å². The van der Waals surface area contributed by atoms with Gasteiger partial charge in [0.05, 0.1) is 12.8 Å². The molecule has 8 heteroatoms. The quantitative estimate of drug-likeness (QED) is 0.743. The molecule has 5 nitrogen and oxygen atoms in total. The van der Waals surface area contributed by atoms with Gasteiger partial charge in [-0.25, -0.2) is 12.8 Å². The number of benzene rings is 2. The summed E-state index contributed by atoms with van der Waals surface area (Å²) in [6, 6.07) is 13.1. The number of nitrogens with one attached hydrogen (secondary N) is 1. The second kappa shape index (κ2) is 9.12. The first-order valence-electron chi connectivity index (χ1n) is 7.95. The Balaban J connectivity index is 1.93. The number of nitrogens with zero attached hydrogens (tertiary/aromatic N) is 1. The van der Waals surface area contributed by atoms with Gasteiger partial charge in [-0.1, -0.05) is 41.9 Å². The van der Waals surface area contributed by atoms with Crippen molar-refractivity contribution in [3.05, 3.63) is 70.5 Å². The fraction of sp³-hybridized carbons (Fsp3) is 0.278. The molecule has 2 aromatic carbocycles. The first-order chi connectivity index (χ1) is 12.3. The Morgan fingerprint density at radius 3 is 2.42 bits per heavy atom. The van der Waals surface area contributed by atoms with Crippen LogP contribution in [0.4, 0.5) is 4.39 Å². The predicted octanol–water partition coefficient (Wildman–Crippen LogP) is 2.60. The van der Waals surface area contributed by atoms with E-state index in [2.05, 4.69) is 5.32 Å². The summed E-state index contributed by atoms with van der Waals surface area (Å²) in [5.41, 5.74) is 1.25. The van der Waals surface area contributed by atoms with Crippen molar-refractivity contribution in [2.45, 2.75) is 13.0 Å². The minimum absolute atomic E-state index is 0.000291. The number of amides is 1. The molecule has 1 N–H and O–H groups in total. The van der Waals surface area contributed by atoms with Crippen LogP contribution in [0.1, 0.15) is 11.1 Å². The van der Waals surface area contributed by atoms with E-state index >= 15 is 0 Å². The predicted molar refractivity (Wildman–Crippen MR) is 99.8 cm³/mol. The number of carbonyl (C=O) groups excluding carboxylic acids is 1. The topological polar surface area (TPSA) is 66.5 Å². The van der Waals surface area contributed by atoms with E-state index < -0.39 is 21.7 Å². The fourth-order valence-corrected chi connectivity index (χ4v) is 3.22. The molecular weight excluding hydrogens is 379 g/mol. The molecule has 1 amide bonds. The van der Waals surface area contributed by atoms with Crippen LogP contribution in [0.3, 0.4) is 0 Å². The van der Waals surface area contributed by atoms with E-state index in [0.717, 1.165) is 16.1 Å². The van der Waals surface area contributed by atoms with E-state index in [1.165, 1.54) is 6.07 Å². The van der Waals surface area contributed by atoms with Crippen molar-refractivity contribution in [1.29, 1.82) is 0 Å². The van der Waals surface area contributed by atoms with Crippen LogP contribution in [0, 0.1) is 5.82 Å². The lowest BCUT2D eigenvalue weighted by Crippen LogP contribution is -2.41. The number of carbonyl (C=O) groups is 1. The van der Waals surface area contributed by atoms with E-state index in [-0.39, 0.29) is 19.6 Å². The van der Waals surface area contributed by atoms with Crippen molar-refractivity contribution in [3.63, 3.8) is 0 Å². The van der Waals surface area contributed by atoms with Crippen LogP contribution in [0.5, 0.6) is 0 Å². The van der Waals surface area contributed by atoms with Gasteiger partial charge >= 0.3 is 0 Å². The molecule has 0 spiro atoms. The van der Waals surface area contributed by atoms with Crippen molar-refractivity contribution < 1.29 is 17.6 Å². The SMILES string of the molecule is CS(=O)(=O)N(CCc1ccc(Cl)cc1)CC(=O)NCc1ccccc1F. The summed E-state index contributed by atoms with van der Waals surface area (Å²) in [6.07, 6.45) is 1.50. The van der Waals surface area contributed by atoms with E-state index in [9.17, 15) is 17.6 Å². The smallest absolute Gasteiger partial charge is 0.235 e. The summed E-state index contributed by atoms with van der Waals surface area (Å²) < 4.78 is 38.5. The van der Waals surface area contributed by atoms with Gasteiger partial charge in [0.15, 0.2) is 0 Å². The molecule has 0 aliphatic carbocycles. The molecule has 0 aromatic heterocycles. The standard InChI is InChI=1S/C18H20ClFN2O3S/c1-26(24,25)22(11-10-14-6-8-16(19)9-7-14)13-18(23)21-12-15-4-2-3-5-17(15)20/h2-9H,10-13H2,1H3,(H,21,23). The summed E-state index contributed by atoms with van der Waals surface area (Å²) in [5, 5.41) is 3.14. The van der Waals surface area contributed by atoms with Gasteiger partial charge in [-0.15, -0.1) is 0 Å². The molecular formula is C18H20ClFN2O3S. The molecule has 0 atom stereocenters. The van der Waals surface area contributed by atoms with Crippen LogP contribution in [0.15, 0.2) is 48.5 Å². The largest absolute Gasteiger partial charge is 0.351 e. The van der Waals surface area contributed by atoms with Crippen molar-refractivity contribution >= 4 is 27.5 Å². The van der Waals surface area contributed by atoms with Crippen LogP contribution < -0.4 is 5.32 Å². The average Bonchev–Trinajstić information content (AvgIpc) is 2.58. The molecule has 0 heterocycles. The van der Waals surface area contributed by atoms with Crippen molar-refractivity contribution in [3.8, 4) is 0 Å². The second-order valence-corrected chi connectivity index (χ2v) is 8.26. The third-order valence-electron chi connectivity index (χ3n) is 3.79. The number of halogens is 2. The number of sulfonamides is 1. The van der Waals surface area contributed by atoms with Gasteiger partial charge in [0, 0.05) is 23.7 Å². The van der Waals surface area contributed by atoms with Gasteiger partial charge in [-0.3, -0.25) is 4.79 Å². The third kappa shape index (κ3) is 6.40. The highest BCUT2D eigenvalue weighted by molar-refractivity contribution is 7.88. The van der Waals surface area contributed by atoms with Crippen LogP contribution in [-0.2, 0) is 27.8 Å². The number of hydrogen-bond donors (Lipinski definition) is 1. The molecule has 0 fully saturated rings. The molecule has 0 radical (unpaired) electrons. The van der Waals surface area contributed by atoms with Crippen LogP contribution in [0.25, 0.3) is 0 Å². The van der Waals surface area contributed by atoms with Crippen molar-refractivity contribution in [1.82, 2.24) is 9.62 Å². The summed E-state index contributed by atoms with van der Waals surface area (Å²) in [7, 11) is -3.56. The third-order valence-corrected chi connectivity index (χ3v) is 5.29. The van der Waals surface area contributed by atoms with E-state index in [1.807, 2.05) is 0 Å². The van der Waals surface area contributed by atoms with Crippen molar-refractivity contribution in [2.24, 2.45) is 0 Å². The Bertz CT molecular complexity index is 857. The van der Waals surface area contributed by atoms with Gasteiger partial charge in [0.1, 0.15) is 5.82 Å². The lowest BCUT2D eigenvalue weighted by Gasteiger charge is -2.19. The molecule has 0 aliphatic heterocycles. The molecule has 2 aromatic rings. The first kappa shape index (κ1) is 20.4. The van der Waals surface area contributed by atoms with E-state index in [4.69, 9.17) is 11.6 Å². The lowest BCUT2D eigenvalue weighted by molar-refractivity contribution is -0.121. The van der Waals surface area contributed by atoms with E-state index in [0.29, 0.717) is 17.0 Å². The zero-order valence-corrected chi connectivity index (χ0v) is 15.9. The highest BCUT2D eigenvalue weighted by Crippen LogP contribution is 2.11. The Hall–Kier alpha value is -1.96. The molecule has 0 saturated carbocycles. The maximum atomic E-state index is 13.6. The Morgan fingerprint density at radius 2 is 1.81 bits per heavy atom. The van der Waals surface area contributed by atoms with Gasteiger partial charge in [0.2, 0.25) is 15.9 Å². The number of rotatable bonds is 8. The molecule has 140 valence electrons. The van der Waals surface area contributed by atoms with E-state index in [1.54, 1.807) is 42.5 Å². The monoisotopic (exact) mass is 398 g/mol. The molecule has 0 bridgehead atoms. The minimum atomic E-state index is -3.56. The maximum absolute atomic E-state index is 13.6. The van der Waals surface area contributed by atoms with Crippen LogP contribution in [-0.4, -0.2) is 38.0 Å². The average molecular weight is 399 g/mol. The lowest BCUT2D eigenvalue weighted by atomic mass is 10.1. The Labute approximate surface area is 157 Å². The summed E-state index contributed by atoms with van der Waals surface area (Å²) in [4.78, 5) is 12.1. The summed E-state index contributed by atoms with van der Waals surface area (Å²) in [6.45, 7) is -0.158.